The maximum absolute atomic E-state index is 12.1. The van der Waals surface area contributed by atoms with Crippen molar-refractivity contribution in [2.75, 3.05) is 13.1 Å². The molecule has 0 radical (unpaired) electrons. The monoisotopic (exact) mass is 285 g/mol. The normalized spacial score (nSPS) is 19.2. The molecule has 7 heteroatoms. The molecule has 1 atom stereocenters. The fraction of sp³-hybridized carbons (Fsp3) is 0.769. The van der Waals surface area contributed by atoms with Gasteiger partial charge in [-0.25, -0.2) is 9.59 Å². The van der Waals surface area contributed by atoms with E-state index in [-0.39, 0.29) is 18.3 Å². The number of likely N-dealkylation sites (tertiary alicyclic amines) is 1. The van der Waals surface area contributed by atoms with E-state index in [1.54, 1.807) is 4.90 Å². The van der Waals surface area contributed by atoms with Crippen molar-refractivity contribution in [1.82, 2.24) is 10.2 Å². The van der Waals surface area contributed by atoms with E-state index in [4.69, 9.17) is 10.8 Å². The molecule has 0 bridgehead atoms. The van der Waals surface area contributed by atoms with Gasteiger partial charge in [-0.15, -0.1) is 0 Å². The van der Waals surface area contributed by atoms with E-state index >= 15 is 0 Å². The first kappa shape index (κ1) is 16.3. The molecule has 0 aliphatic carbocycles. The Balaban J connectivity index is 2.57. The number of carbonyl (C=O) groups excluding carboxylic acids is 2. The van der Waals surface area contributed by atoms with E-state index in [0.29, 0.717) is 13.1 Å². The van der Waals surface area contributed by atoms with Crippen LogP contribution in [0.3, 0.4) is 0 Å². The summed E-state index contributed by atoms with van der Waals surface area (Å²) in [6.07, 6.45) is 1.89. The third kappa shape index (κ3) is 5.07. The molecule has 0 aromatic rings. The first-order chi connectivity index (χ1) is 9.21. The van der Waals surface area contributed by atoms with Gasteiger partial charge in [-0.3, -0.25) is 4.79 Å². The first-order valence-corrected chi connectivity index (χ1v) is 6.78. The number of rotatable bonds is 5. The smallest absolute Gasteiger partial charge is 0.326 e. The van der Waals surface area contributed by atoms with Gasteiger partial charge >= 0.3 is 12.0 Å². The van der Waals surface area contributed by atoms with Gasteiger partial charge in [-0.1, -0.05) is 13.8 Å². The van der Waals surface area contributed by atoms with Gasteiger partial charge in [0.25, 0.3) is 0 Å². The minimum atomic E-state index is -1.16. The minimum Gasteiger partial charge on any atom is -0.480 e. The number of carboxylic acid groups (broad SMARTS) is 1. The van der Waals surface area contributed by atoms with Crippen LogP contribution in [0.25, 0.3) is 0 Å². The molecule has 20 heavy (non-hydrogen) atoms. The SMILES string of the molecule is CC1(C)CCCN(C(=O)N[C@H](CCC(N)=O)C(=O)O)C1. The number of nitrogens with two attached hydrogens (primary N) is 1. The molecule has 0 aromatic heterocycles. The summed E-state index contributed by atoms with van der Waals surface area (Å²) in [6.45, 7) is 5.38. The van der Waals surface area contributed by atoms with Crippen LogP contribution in [0.2, 0.25) is 0 Å². The van der Waals surface area contributed by atoms with Crippen LogP contribution in [0.1, 0.15) is 39.5 Å². The molecule has 3 amide bonds. The summed E-state index contributed by atoms with van der Waals surface area (Å²) in [5, 5.41) is 11.5. The summed E-state index contributed by atoms with van der Waals surface area (Å²) in [7, 11) is 0. The highest BCUT2D eigenvalue weighted by Crippen LogP contribution is 2.28. The maximum Gasteiger partial charge on any atom is 0.326 e. The topological polar surface area (TPSA) is 113 Å². The number of hydrogen-bond acceptors (Lipinski definition) is 3. The summed E-state index contributed by atoms with van der Waals surface area (Å²) >= 11 is 0. The van der Waals surface area contributed by atoms with E-state index in [2.05, 4.69) is 19.2 Å². The van der Waals surface area contributed by atoms with Crippen molar-refractivity contribution in [3.63, 3.8) is 0 Å². The molecular weight excluding hydrogens is 262 g/mol. The predicted molar refractivity (Wildman–Crippen MR) is 73.0 cm³/mol. The van der Waals surface area contributed by atoms with Gasteiger partial charge in [0.15, 0.2) is 0 Å². The van der Waals surface area contributed by atoms with Crippen molar-refractivity contribution in [2.24, 2.45) is 11.1 Å². The number of nitrogens with zero attached hydrogens (tertiary/aromatic N) is 1. The Hall–Kier alpha value is -1.79. The van der Waals surface area contributed by atoms with E-state index in [1.165, 1.54) is 0 Å². The van der Waals surface area contributed by atoms with Gasteiger partial charge < -0.3 is 21.1 Å². The van der Waals surface area contributed by atoms with Gasteiger partial charge in [-0.2, -0.15) is 0 Å². The lowest BCUT2D eigenvalue weighted by Gasteiger charge is -2.38. The molecule has 0 saturated carbocycles. The summed E-state index contributed by atoms with van der Waals surface area (Å²) in [5.74, 6) is -1.74. The Morgan fingerprint density at radius 3 is 2.55 bits per heavy atom. The molecule has 1 aliphatic rings. The van der Waals surface area contributed by atoms with E-state index in [9.17, 15) is 14.4 Å². The number of urea groups is 1. The van der Waals surface area contributed by atoms with Gasteiger partial charge in [0.05, 0.1) is 0 Å². The fourth-order valence-corrected chi connectivity index (χ4v) is 2.38. The highest BCUT2D eigenvalue weighted by Gasteiger charge is 2.31. The van der Waals surface area contributed by atoms with E-state index in [0.717, 1.165) is 12.8 Å². The third-order valence-corrected chi connectivity index (χ3v) is 3.46. The van der Waals surface area contributed by atoms with Crippen LogP contribution >= 0.6 is 0 Å². The number of primary amides is 1. The molecule has 114 valence electrons. The average molecular weight is 285 g/mol. The molecule has 1 aliphatic heterocycles. The lowest BCUT2D eigenvalue weighted by molar-refractivity contribution is -0.139. The quantitative estimate of drug-likeness (QED) is 0.684. The van der Waals surface area contributed by atoms with Gasteiger partial charge in [-0.05, 0) is 24.7 Å². The molecular formula is C13H23N3O4. The first-order valence-electron chi connectivity index (χ1n) is 6.78. The van der Waals surface area contributed by atoms with Crippen molar-refractivity contribution in [3.05, 3.63) is 0 Å². The van der Waals surface area contributed by atoms with Crippen LogP contribution < -0.4 is 11.1 Å². The Labute approximate surface area is 118 Å². The Bertz CT molecular complexity index is 395. The highest BCUT2D eigenvalue weighted by atomic mass is 16.4. The van der Waals surface area contributed by atoms with E-state index < -0.39 is 23.9 Å². The van der Waals surface area contributed by atoms with Crippen molar-refractivity contribution >= 4 is 17.9 Å². The van der Waals surface area contributed by atoms with Crippen molar-refractivity contribution in [2.45, 2.75) is 45.6 Å². The number of amides is 3. The standard InChI is InChI=1S/C13H23N3O4/c1-13(2)6-3-7-16(8-13)12(20)15-9(11(18)19)4-5-10(14)17/h9H,3-8H2,1-2H3,(H2,14,17)(H,15,20)(H,18,19)/t9-/m1/s1. The van der Waals surface area contributed by atoms with Crippen molar-refractivity contribution in [1.29, 1.82) is 0 Å². The molecule has 1 saturated heterocycles. The summed E-state index contributed by atoms with van der Waals surface area (Å²) < 4.78 is 0. The molecule has 7 nitrogen and oxygen atoms in total. The second kappa shape index (κ2) is 6.58. The van der Waals surface area contributed by atoms with Crippen LogP contribution in [0.5, 0.6) is 0 Å². The average Bonchev–Trinajstić information content (AvgIpc) is 2.32. The van der Waals surface area contributed by atoms with Crippen LogP contribution in [0.15, 0.2) is 0 Å². The lowest BCUT2D eigenvalue weighted by atomic mass is 9.84. The summed E-state index contributed by atoms with van der Waals surface area (Å²) in [6, 6.07) is -1.48. The summed E-state index contributed by atoms with van der Waals surface area (Å²) in [5.41, 5.74) is 5.04. The largest absolute Gasteiger partial charge is 0.480 e. The third-order valence-electron chi connectivity index (χ3n) is 3.46. The fourth-order valence-electron chi connectivity index (χ4n) is 2.38. The van der Waals surface area contributed by atoms with Gasteiger partial charge in [0.1, 0.15) is 6.04 Å². The van der Waals surface area contributed by atoms with Crippen molar-refractivity contribution in [3.8, 4) is 0 Å². The Morgan fingerprint density at radius 2 is 2.05 bits per heavy atom. The molecule has 0 unspecified atom stereocenters. The zero-order valence-corrected chi connectivity index (χ0v) is 12.0. The molecule has 0 aromatic carbocycles. The molecule has 1 heterocycles. The van der Waals surface area contributed by atoms with Crippen LogP contribution in [0.4, 0.5) is 4.79 Å². The van der Waals surface area contributed by atoms with Crippen molar-refractivity contribution < 1.29 is 19.5 Å². The van der Waals surface area contributed by atoms with Gasteiger partial charge in [0, 0.05) is 19.5 Å². The zero-order chi connectivity index (χ0) is 15.3. The maximum atomic E-state index is 12.1. The second-order valence-corrected chi connectivity index (χ2v) is 6.03. The number of piperidine rings is 1. The molecule has 4 N–H and O–H groups in total. The zero-order valence-electron chi connectivity index (χ0n) is 12.0. The predicted octanol–water partition coefficient (Wildman–Crippen LogP) is 0.537. The number of carboxylic acids is 1. The molecule has 0 spiro atoms. The van der Waals surface area contributed by atoms with Crippen LogP contribution in [-0.4, -0.2) is 47.0 Å². The van der Waals surface area contributed by atoms with Crippen LogP contribution in [-0.2, 0) is 9.59 Å². The number of aliphatic carboxylic acids is 1. The van der Waals surface area contributed by atoms with Gasteiger partial charge in [0.2, 0.25) is 5.91 Å². The number of hydrogen-bond donors (Lipinski definition) is 3. The molecule has 1 rings (SSSR count). The summed E-state index contributed by atoms with van der Waals surface area (Å²) in [4.78, 5) is 35.5. The highest BCUT2D eigenvalue weighted by molar-refractivity contribution is 5.83. The van der Waals surface area contributed by atoms with E-state index in [1.807, 2.05) is 0 Å². The lowest BCUT2D eigenvalue weighted by Crippen LogP contribution is -2.52. The van der Waals surface area contributed by atoms with Crippen LogP contribution in [0, 0.1) is 5.41 Å². The Morgan fingerprint density at radius 1 is 1.40 bits per heavy atom. The second-order valence-electron chi connectivity index (χ2n) is 6.03. The molecule has 1 fully saturated rings. The number of nitrogens with one attached hydrogen (secondary N) is 1. The minimum absolute atomic E-state index is 0.00758. The Kier molecular flexibility index (Phi) is 5.35. The number of carbonyl (C=O) groups is 3.